The maximum atomic E-state index is 3.80. The van der Waals surface area contributed by atoms with Gasteiger partial charge in [0.25, 0.3) is 0 Å². The van der Waals surface area contributed by atoms with Gasteiger partial charge in [-0.25, -0.2) is 0 Å². The molecule has 102 valence electrons. The van der Waals surface area contributed by atoms with E-state index in [0.717, 1.165) is 5.57 Å². The van der Waals surface area contributed by atoms with Crippen molar-refractivity contribution in [3.8, 4) is 0 Å². The molecule has 1 rings (SSSR count). The first kappa shape index (κ1) is 15.7. The highest BCUT2D eigenvalue weighted by molar-refractivity contribution is 5.83. The Hall–Kier alpha value is -2.34. The topological polar surface area (TPSA) is 0 Å². The van der Waals surface area contributed by atoms with Crippen LogP contribution in [0.2, 0.25) is 0 Å². The molecule has 0 aliphatic carbocycles. The van der Waals surface area contributed by atoms with Gasteiger partial charge in [-0.05, 0) is 30.6 Å². The van der Waals surface area contributed by atoms with Gasteiger partial charge in [-0.15, -0.1) is 0 Å². The van der Waals surface area contributed by atoms with Crippen LogP contribution in [0.15, 0.2) is 97.2 Å². The molecule has 0 spiro atoms. The summed E-state index contributed by atoms with van der Waals surface area (Å²) >= 11 is 0. The highest BCUT2D eigenvalue weighted by atomic mass is 14.1. The second-order valence-electron chi connectivity index (χ2n) is 4.21. The predicted octanol–water partition coefficient (Wildman–Crippen LogP) is 5.89. The third kappa shape index (κ3) is 5.11. The fraction of sp³-hybridized carbons (Fsp3) is 0.100. The molecule has 0 amide bonds. The first-order valence-corrected chi connectivity index (χ1v) is 6.84. The molecule has 0 fully saturated rings. The molecule has 0 unspecified atom stereocenters. The van der Waals surface area contributed by atoms with E-state index < -0.39 is 0 Å². The molecule has 0 atom stereocenters. The van der Waals surface area contributed by atoms with E-state index in [0.29, 0.717) is 0 Å². The highest BCUT2D eigenvalue weighted by Gasteiger charge is 2.03. The molecule has 0 radical (unpaired) electrons. The monoisotopic (exact) mass is 262 g/mol. The van der Waals surface area contributed by atoms with Crippen molar-refractivity contribution in [3.05, 3.63) is 103 Å². The molecule has 0 bridgehead atoms. The summed E-state index contributed by atoms with van der Waals surface area (Å²) in [4.78, 5) is 0. The molecule has 0 aliphatic rings. The third-order valence-corrected chi connectivity index (χ3v) is 2.72. The van der Waals surface area contributed by atoms with Crippen LogP contribution in [-0.4, -0.2) is 0 Å². The molecule has 0 saturated heterocycles. The van der Waals surface area contributed by atoms with Crippen molar-refractivity contribution < 1.29 is 0 Å². The van der Waals surface area contributed by atoms with Crippen molar-refractivity contribution in [1.29, 1.82) is 0 Å². The average Bonchev–Trinajstić information content (AvgIpc) is 2.48. The molecule has 20 heavy (non-hydrogen) atoms. The Morgan fingerprint density at radius 3 is 2.25 bits per heavy atom. The van der Waals surface area contributed by atoms with Crippen LogP contribution in [0, 0.1) is 0 Å². The summed E-state index contributed by atoms with van der Waals surface area (Å²) in [6, 6.07) is 10.4. The predicted molar refractivity (Wildman–Crippen MR) is 91.5 cm³/mol. The fourth-order valence-electron chi connectivity index (χ4n) is 1.85. The molecular formula is C20H22. The van der Waals surface area contributed by atoms with Crippen LogP contribution in [0.5, 0.6) is 0 Å². The first-order chi connectivity index (χ1) is 9.83. The van der Waals surface area contributed by atoms with Gasteiger partial charge in [0.2, 0.25) is 0 Å². The van der Waals surface area contributed by atoms with Crippen LogP contribution >= 0.6 is 0 Å². The Bertz CT molecular complexity index is 549. The number of benzene rings is 1. The zero-order chi connectivity index (χ0) is 14.6. The number of allylic oxidation sites excluding steroid dienone is 11. The van der Waals surface area contributed by atoms with E-state index in [9.17, 15) is 0 Å². The van der Waals surface area contributed by atoms with Gasteiger partial charge in [-0.3, -0.25) is 0 Å². The fourth-order valence-corrected chi connectivity index (χ4v) is 1.85. The van der Waals surface area contributed by atoms with Crippen molar-refractivity contribution in [2.45, 2.75) is 13.8 Å². The zero-order valence-corrected chi connectivity index (χ0v) is 12.3. The SMILES string of the molecule is C=C/C=C(\C=C/C)C(=C/C=C\C=C/C)/c1ccccc1. The summed E-state index contributed by atoms with van der Waals surface area (Å²) in [6.07, 6.45) is 18.2. The minimum atomic E-state index is 1.15. The summed E-state index contributed by atoms with van der Waals surface area (Å²) in [5.41, 5.74) is 3.53. The Morgan fingerprint density at radius 2 is 1.65 bits per heavy atom. The van der Waals surface area contributed by atoms with Crippen molar-refractivity contribution in [2.24, 2.45) is 0 Å². The average molecular weight is 262 g/mol. The van der Waals surface area contributed by atoms with Crippen LogP contribution in [0.3, 0.4) is 0 Å². The lowest BCUT2D eigenvalue weighted by Gasteiger charge is -2.08. The highest BCUT2D eigenvalue weighted by Crippen LogP contribution is 2.24. The van der Waals surface area contributed by atoms with E-state index in [2.05, 4.69) is 49.1 Å². The van der Waals surface area contributed by atoms with Crippen LogP contribution in [0.1, 0.15) is 19.4 Å². The summed E-state index contributed by atoms with van der Waals surface area (Å²) < 4.78 is 0. The quantitative estimate of drug-likeness (QED) is 0.561. The molecule has 0 N–H and O–H groups in total. The van der Waals surface area contributed by atoms with E-state index in [1.807, 2.05) is 56.4 Å². The van der Waals surface area contributed by atoms with Crippen molar-refractivity contribution in [1.82, 2.24) is 0 Å². The minimum absolute atomic E-state index is 1.15. The molecule has 1 aromatic carbocycles. The van der Waals surface area contributed by atoms with Crippen LogP contribution in [-0.2, 0) is 0 Å². The smallest absolute Gasteiger partial charge is 0.0112 e. The van der Waals surface area contributed by atoms with E-state index in [1.54, 1.807) is 0 Å². The Kier molecular flexibility index (Phi) is 7.52. The van der Waals surface area contributed by atoms with Gasteiger partial charge in [0.05, 0.1) is 0 Å². The first-order valence-electron chi connectivity index (χ1n) is 6.84. The largest absolute Gasteiger partial charge is 0.0990 e. The molecular weight excluding hydrogens is 240 g/mol. The second kappa shape index (κ2) is 9.57. The van der Waals surface area contributed by atoms with Gasteiger partial charge < -0.3 is 0 Å². The van der Waals surface area contributed by atoms with Crippen molar-refractivity contribution in [3.63, 3.8) is 0 Å². The van der Waals surface area contributed by atoms with Gasteiger partial charge >= 0.3 is 0 Å². The van der Waals surface area contributed by atoms with Gasteiger partial charge in [0.1, 0.15) is 0 Å². The van der Waals surface area contributed by atoms with Gasteiger partial charge in [0, 0.05) is 0 Å². The van der Waals surface area contributed by atoms with Gasteiger partial charge in [-0.1, -0.05) is 91.6 Å². The molecule has 0 heterocycles. The molecule has 1 aromatic rings. The molecule has 0 aromatic heterocycles. The number of hydrogen-bond donors (Lipinski definition) is 0. The van der Waals surface area contributed by atoms with Gasteiger partial charge in [-0.2, -0.15) is 0 Å². The lowest BCUT2D eigenvalue weighted by atomic mass is 9.96. The second-order valence-corrected chi connectivity index (χ2v) is 4.21. The Morgan fingerprint density at radius 1 is 0.900 bits per heavy atom. The number of hydrogen-bond acceptors (Lipinski definition) is 0. The van der Waals surface area contributed by atoms with E-state index in [-0.39, 0.29) is 0 Å². The standard InChI is InChI=1S/C20H22/c1-4-7-8-12-17-20(18(13-5-2)14-6-3)19-15-10-9-11-16-19/h4-17H,2H2,1,3H3/b7-4-,12-8-,14-6-,18-13+,20-17-. The van der Waals surface area contributed by atoms with Gasteiger partial charge in [0.15, 0.2) is 0 Å². The molecule has 0 nitrogen and oxygen atoms in total. The van der Waals surface area contributed by atoms with E-state index in [1.165, 1.54) is 11.1 Å². The Labute approximate surface area is 122 Å². The lowest BCUT2D eigenvalue weighted by molar-refractivity contribution is 1.56. The molecule has 0 aliphatic heterocycles. The summed E-state index contributed by atoms with van der Waals surface area (Å²) in [7, 11) is 0. The lowest BCUT2D eigenvalue weighted by Crippen LogP contribution is -1.87. The van der Waals surface area contributed by atoms with E-state index in [4.69, 9.17) is 0 Å². The van der Waals surface area contributed by atoms with Crippen LogP contribution < -0.4 is 0 Å². The molecule has 0 heteroatoms. The summed E-state index contributed by atoms with van der Waals surface area (Å²) in [5.74, 6) is 0. The van der Waals surface area contributed by atoms with Crippen LogP contribution in [0.4, 0.5) is 0 Å². The van der Waals surface area contributed by atoms with E-state index >= 15 is 0 Å². The third-order valence-electron chi connectivity index (χ3n) is 2.72. The normalized spacial score (nSPS) is 13.7. The maximum absolute atomic E-state index is 3.80. The van der Waals surface area contributed by atoms with Crippen LogP contribution in [0.25, 0.3) is 5.57 Å². The zero-order valence-electron chi connectivity index (χ0n) is 12.3. The minimum Gasteiger partial charge on any atom is -0.0990 e. The maximum Gasteiger partial charge on any atom is -0.0112 e. The summed E-state index contributed by atoms with van der Waals surface area (Å²) in [6.45, 7) is 7.83. The number of rotatable bonds is 6. The van der Waals surface area contributed by atoms with Crippen molar-refractivity contribution in [2.75, 3.05) is 0 Å². The molecule has 0 saturated carbocycles. The summed E-state index contributed by atoms with van der Waals surface area (Å²) in [5, 5.41) is 0. The Balaban J connectivity index is 3.26. The van der Waals surface area contributed by atoms with Crippen molar-refractivity contribution >= 4 is 5.57 Å².